The van der Waals surface area contributed by atoms with Gasteiger partial charge in [0.1, 0.15) is 5.69 Å². The summed E-state index contributed by atoms with van der Waals surface area (Å²) in [5.74, 6) is -1.10. The zero-order valence-electron chi connectivity index (χ0n) is 10.6. The monoisotopic (exact) mass is 245 g/mol. The topological polar surface area (TPSA) is 70.2 Å². The molecule has 2 rings (SSSR count). The van der Waals surface area contributed by atoms with E-state index in [0.29, 0.717) is 10.9 Å². The van der Waals surface area contributed by atoms with Gasteiger partial charge in [0.15, 0.2) is 5.43 Å². The van der Waals surface area contributed by atoms with Crippen LogP contribution in [0, 0.1) is 13.8 Å². The van der Waals surface area contributed by atoms with Gasteiger partial charge in [0.2, 0.25) is 0 Å². The van der Waals surface area contributed by atoms with Crippen molar-refractivity contribution in [3.8, 4) is 0 Å². The average Bonchev–Trinajstić information content (AvgIpc) is 2.32. The van der Waals surface area contributed by atoms with Crippen LogP contribution in [-0.2, 0) is 6.42 Å². The van der Waals surface area contributed by atoms with E-state index in [0.717, 1.165) is 17.5 Å². The van der Waals surface area contributed by atoms with Crippen molar-refractivity contribution < 1.29 is 9.90 Å². The highest BCUT2D eigenvalue weighted by Crippen LogP contribution is 2.19. The molecule has 0 bridgehead atoms. The van der Waals surface area contributed by atoms with Gasteiger partial charge in [-0.3, -0.25) is 4.79 Å². The van der Waals surface area contributed by atoms with E-state index in [9.17, 15) is 9.59 Å². The van der Waals surface area contributed by atoms with Gasteiger partial charge in [-0.25, -0.2) is 4.79 Å². The highest BCUT2D eigenvalue weighted by atomic mass is 16.4. The van der Waals surface area contributed by atoms with Crippen molar-refractivity contribution in [2.45, 2.75) is 27.2 Å². The highest BCUT2D eigenvalue weighted by Gasteiger charge is 2.15. The second-order valence-corrected chi connectivity index (χ2v) is 4.46. The molecular weight excluding hydrogens is 230 g/mol. The lowest BCUT2D eigenvalue weighted by atomic mass is 10.0. The molecule has 0 amide bonds. The summed E-state index contributed by atoms with van der Waals surface area (Å²) in [5.41, 5.74) is 2.63. The number of aromatic nitrogens is 1. The van der Waals surface area contributed by atoms with Crippen molar-refractivity contribution >= 4 is 16.9 Å². The fraction of sp³-hybridized carbons (Fsp3) is 0.286. The van der Waals surface area contributed by atoms with Crippen molar-refractivity contribution in [3.63, 3.8) is 0 Å². The van der Waals surface area contributed by atoms with Crippen LogP contribution in [0.5, 0.6) is 0 Å². The van der Waals surface area contributed by atoms with Gasteiger partial charge in [-0.15, -0.1) is 0 Å². The Bertz CT molecular complexity index is 698. The predicted octanol–water partition coefficient (Wildman–Crippen LogP) is 2.41. The standard InChI is InChI=1S/C14H15NO3/c1-4-9-5-7(2)6-10-12(9)15-11(14(17)18)8(3)13(10)16/h5-6H,4H2,1-3H3,(H,15,16)(H,17,18). The SMILES string of the molecule is CCc1cc(C)cc2c(=O)c(C)c(C(=O)O)[nH]c12. The maximum absolute atomic E-state index is 12.2. The molecule has 0 unspecified atom stereocenters. The summed E-state index contributed by atoms with van der Waals surface area (Å²) in [5, 5.41) is 9.66. The van der Waals surface area contributed by atoms with Gasteiger partial charge in [0, 0.05) is 10.9 Å². The van der Waals surface area contributed by atoms with Crippen LogP contribution >= 0.6 is 0 Å². The fourth-order valence-electron chi connectivity index (χ4n) is 2.22. The molecule has 2 aromatic rings. The van der Waals surface area contributed by atoms with Gasteiger partial charge in [-0.05, 0) is 37.5 Å². The normalized spacial score (nSPS) is 10.8. The van der Waals surface area contributed by atoms with E-state index in [-0.39, 0.29) is 16.7 Å². The molecule has 0 aliphatic heterocycles. The molecule has 0 aliphatic rings. The average molecular weight is 245 g/mol. The summed E-state index contributed by atoms with van der Waals surface area (Å²) in [6.45, 7) is 5.45. The number of carboxylic acids is 1. The zero-order valence-corrected chi connectivity index (χ0v) is 10.6. The minimum Gasteiger partial charge on any atom is -0.477 e. The lowest BCUT2D eigenvalue weighted by Gasteiger charge is -2.09. The van der Waals surface area contributed by atoms with Crippen LogP contribution < -0.4 is 5.43 Å². The molecule has 4 heteroatoms. The van der Waals surface area contributed by atoms with E-state index in [4.69, 9.17) is 5.11 Å². The molecule has 0 fully saturated rings. The van der Waals surface area contributed by atoms with Gasteiger partial charge in [0.25, 0.3) is 0 Å². The number of hydrogen-bond acceptors (Lipinski definition) is 2. The van der Waals surface area contributed by atoms with Gasteiger partial charge in [-0.2, -0.15) is 0 Å². The number of hydrogen-bond donors (Lipinski definition) is 2. The van der Waals surface area contributed by atoms with Crippen molar-refractivity contribution in [2.24, 2.45) is 0 Å². The number of aryl methyl sites for hydroxylation is 2. The van der Waals surface area contributed by atoms with E-state index in [1.165, 1.54) is 6.92 Å². The summed E-state index contributed by atoms with van der Waals surface area (Å²) < 4.78 is 0. The first-order valence-electron chi connectivity index (χ1n) is 5.85. The minimum absolute atomic E-state index is 0.0222. The van der Waals surface area contributed by atoms with Crippen molar-refractivity contribution in [2.75, 3.05) is 0 Å². The summed E-state index contributed by atoms with van der Waals surface area (Å²) in [6, 6.07) is 3.77. The maximum Gasteiger partial charge on any atom is 0.352 e. The molecule has 0 saturated carbocycles. The molecule has 94 valence electrons. The third-order valence-electron chi connectivity index (χ3n) is 3.17. The lowest BCUT2D eigenvalue weighted by Crippen LogP contribution is -2.16. The van der Waals surface area contributed by atoms with Gasteiger partial charge in [0.05, 0.1) is 5.52 Å². The van der Waals surface area contributed by atoms with E-state index in [1.54, 1.807) is 6.07 Å². The Morgan fingerprint density at radius 3 is 2.56 bits per heavy atom. The van der Waals surface area contributed by atoms with Crippen molar-refractivity contribution in [1.29, 1.82) is 0 Å². The molecule has 2 N–H and O–H groups in total. The zero-order chi connectivity index (χ0) is 13.4. The Balaban J connectivity index is 3.00. The molecule has 0 atom stereocenters. The molecule has 1 aromatic carbocycles. The van der Waals surface area contributed by atoms with Crippen LogP contribution in [0.25, 0.3) is 10.9 Å². The summed E-state index contributed by atoms with van der Waals surface area (Å²) in [4.78, 5) is 26.2. The Morgan fingerprint density at radius 2 is 2.00 bits per heavy atom. The molecule has 18 heavy (non-hydrogen) atoms. The molecule has 4 nitrogen and oxygen atoms in total. The number of carbonyl (C=O) groups is 1. The van der Waals surface area contributed by atoms with E-state index < -0.39 is 5.97 Å². The van der Waals surface area contributed by atoms with Crippen LogP contribution in [-0.4, -0.2) is 16.1 Å². The van der Waals surface area contributed by atoms with E-state index >= 15 is 0 Å². The number of pyridine rings is 1. The fourth-order valence-corrected chi connectivity index (χ4v) is 2.22. The van der Waals surface area contributed by atoms with E-state index in [1.807, 2.05) is 19.9 Å². The van der Waals surface area contributed by atoms with Crippen LogP contribution in [0.1, 0.15) is 34.1 Å². The van der Waals surface area contributed by atoms with Gasteiger partial charge in [-0.1, -0.05) is 13.0 Å². The largest absolute Gasteiger partial charge is 0.477 e. The number of fused-ring (bicyclic) bond motifs is 1. The number of rotatable bonds is 2. The number of H-pyrrole nitrogens is 1. The number of carboxylic acid groups (broad SMARTS) is 1. The molecule has 0 radical (unpaired) electrons. The molecule has 0 aliphatic carbocycles. The highest BCUT2D eigenvalue weighted by molar-refractivity contribution is 5.92. The maximum atomic E-state index is 12.2. The van der Waals surface area contributed by atoms with Gasteiger partial charge < -0.3 is 10.1 Å². The first kappa shape index (κ1) is 12.4. The third-order valence-corrected chi connectivity index (χ3v) is 3.17. The molecule has 0 spiro atoms. The van der Waals surface area contributed by atoms with Crippen molar-refractivity contribution in [1.82, 2.24) is 4.98 Å². The Morgan fingerprint density at radius 1 is 1.33 bits per heavy atom. The van der Waals surface area contributed by atoms with Crippen LogP contribution in [0.3, 0.4) is 0 Å². The predicted molar refractivity (Wildman–Crippen MR) is 70.4 cm³/mol. The Hall–Kier alpha value is -2.10. The number of benzene rings is 1. The molecular formula is C14H15NO3. The smallest absolute Gasteiger partial charge is 0.352 e. The quantitative estimate of drug-likeness (QED) is 0.853. The van der Waals surface area contributed by atoms with Crippen LogP contribution in [0.15, 0.2) is 16.9 Å². The van der Waals surface area contributed by atoms with Gasteiger partial charge >= 0.3 is 5.97 Å². The first-order valence-corrected chi connectivity index (χ1v) is 5.85. The minimum atomic E-state index is -1.10. The van der Waals surface area contributed by atoms with Crippen LogP contribution in [0.2, 0.25) is 0 Å². The summed E-state index contributed by atoms with van der Waals surface area (Å²) in [7, 11) is 0. The van der Waals surface area contributed by atoms with Crippen LogP contribution in [0.4, 0.5) is 0 Å². The Labute approximate surface area is 104 Å². The lowest BCUT2D eigenvalue weighted by molar-refractivity contribution is 0.0690. The van der Waals surface area contributed by atoms with Crippen molar-refractivity contribution in [3.05, 3.63) is 44.7 Å². The molecule has 1 aromatic heterocycles. The number of nitrogens with one attached hydrogen (secondary N) is 1. The first-order chi connectivity index (χ1) is 8.45. The Kier molecular flexibility index (Phi) is 2.95. The summed E-state index contributed by atoms with van der Waals surface area (Å²) in [6.07, 6.45) is 0.746. The molecule has 0 saturated heterocycles. The second kappa shape index (κ2) is 4.29. The molecule has 1 heterocycles. The van der Waals surface area contributed by atoms with E-state index in [2.05, 4.69) is 4.98 Å². The number of aromatic carboxylic acids is 1. The number of aromatic amines is 1. The third kappa shape index (κ3) is 1.79. The second-order valence-electron chi connectivity index (χ2n) is 4.46. The summed E-state index contributed by atoms with van der Waals surface area (Å²) >= 11 is 0.